The molecule has 0 atom stereocenters. The van der Waals surface area contributed by atoms with Crippen LogP contribution in [0.1, 0.15) is 33.7 Å². The maximum Gasteiger partial charge on any atom is 0.276 e. The molecule has 0 saturated carbocycles. The summed E-state index contributed by atoms with van der Waals surface area (Å²) in [5.74, 6) is 0.751. The molecular formula is C22H26N4O2. The first-order valence-corrected chi connectivity index (χ1v) is 9.40. The van der Waals surface area contributed by atoms with E-state index in [1.54, 1.807) is 16.6 Å². The monoisotopic (exact) mass is 378 g/mol. The van der Waals surface area contributed by atoms with Gasteiger partial charge in [-0.05, 0) is 56.5 Å². The van der Waals surface area contributed by atoms with Gasteiger partial charge < -0.3 is 9.64 Å². The molecule has 0 aliphatic heterocycles. The van der Waals surface area contributed by atoms with Gasteiger partial charge in [0.1, 0.15) is 5.75 Å². The van der Waals surface area contributed by atoms with Gasteiger partial charge in [0, 0.05) is 13.6 Å². The molecule has 1 aromatic heterocycles. The van der Waals surface area contributed by atoms with Crippen LogP contribution in [0.3, 0.4) is 0 Å². The summed E-state index contributed by atoms with van der Waals surface area (Å²) in [5.41, 5.74) is 4.25. The lowest BCUT2D eigenvalue weighted by Gasteiger charge is -2.16. The fraction of sp³-hybridized carbons (Fsp3) is 0.318. The minimum absolute atomic E-state index is 0.132. The fourth-order valence-electron chi connectivity index (χ4n) is 3.02. The highest BCUT2D eigenvalue weighted by atomic mass is 16.5. The van der Waals surface area contributed by atoms with Crippen molar-refractivity contribution in [3.8, 4) is 11.4 Å². The van der Waals surface area contributed by atoms with Gasteiger partial charge in [0.2, 0.25) is 0 Å². The molecule has 0 aliphatic rings. The Morgan fingerprint density at radius 3 is 2.64 bits per heavy atom. The summed E-state index contributed by atoms with van der Waals surface area (Å²) in [5, 5.41) is 8.29. The fourth-order valence-corrected chi connectivity index (χ4v) is 3.02. The van der Waals surface area contributed by atoms with Crippen molar-refractivity contribution in [3.63, 3.8) is 0 Å². The van der Waals surface area contributed by atoms with Crippen LogP contribution in [0.15, 0.2) is 48.5 Å². The number of hydrogen-bond acceptors (Lipinski definition) is 4. The zero-order valence-electron chi connectivity index (χ0n) is 16.8. The van der Waals surface area contributed by atoms with Gasteiger partial charge in [-0.1, -0.05) is 35.5 Å². The van der Waals surface area contributed by atoms with E-state index in [0.717, 1.165) is 34.7 Å². The van der Waals surface area contributed by atoms with Gasteiger partial charge >= 0.3 is 0 Å². The summed E-state index contributed by atoms with van der Waals surface area (Å²) in [6.07, 6.45) is 0.738. The van der Waals surface area contributed by atoms with Gasteiger partial charge in [-0.25, -0.2) is 4.68 Å². The van der Waals surface area contributed by atoms with E-state index in [-0.39, 0.29) is 5.91 Å². The molecule has 0 N–H and O–H groups in total. The van der Waals surface area contributed by atoms with Crippen molar-refractivity contribution in [1.82, 2.24) is 19.9 Å². The van der Waals surface area contributed by atoms with Crippen LogP contribution in [0.2, 0.25) is 0 Å². The highest BCUT2D eigenvalue weighted by Gasteiger charge is 2.20. The number of carbonyl (C=O) groups is 1. The molecule has 28 heavy (non-hydrogen) atoms. The van der Waals surface area contributed by atoms with E-state index in [4.69, 9.17) is 4.74 Å². The number of rotatable bonds is 7. The van der Waals surface area contributed by atoms with Crippen LogP contribution in [-0.4, -0.2) is 46.0 Å². The summed E-state index contributed by atoms with van der Waals surface area (Å²) >= 11 is 0. The van der Waals surface area contributed by atoms with Crippen molar-refractivity contribution in [2.75, 3.05) is 20.2 Å². The third-order valence-corrected chi connectivity index (χ3v) is 4.68. The standard InChI is InChI=1S/C22H26N4O2/c1-16-9-7-11-19(15-16)26-18(3)21(23-24-26)22(27)25(4)13-8-14-28-20-12-6-5-10-17(20)2/h5-7,9-12,15H,8,13-14H2,1-4H3. The van der Waals surface area contributed by atoms with Crippen molar-refractivity contribution >= 4 is 5.91 Å². The lowest BCUT2D eigenvalue weighted by Crippen LogP contribution is -2.29. The van der Waals surface area contributed by atoms with Crippen molar-refractivity contribution in [3.05, 3.63) is 71.0 Å². The average molecular weight is 378 g/mol. The summed E-state index contributed by atoms with van der Waals surface area (Å²) in [6, 6.07) is 15.9. The Bertz CT molecular complexity index is 965. The summed E-state index contributed by atoms with van der Waals surface area (Å²) in [7, 11) is 1.78. The minimum atomic E-state index is -0.132. The Morgan fingerprint density at radius 1 is 1.11 bits per heavy atom. The summed E-state index contributed by atoms with van der Waals surface area (Å²) in [6.45, 7) is 7.05. The molecule has 0 aliphatic carbocycles. The molecule has 2 aromatic carbocycles. The van der Waals surface area contributed by atoms with Crippen molar-refractivity contribution in [2.45, 2.75) is 27.2 Å². The molecule has 0 radical (unpaired) electrons. The van der Waals surface area contributed by atoms with E-state index in [1.165, 1.54) is 0 Å². The molecule has 0 saturated heterocycles. The number of hydrogen-bond donors (Lipinski definition) is 0. The normalized spacial score (nSPS) is 10.7. The van der Waals surface area contributed by atoms with Gasteiger partial charge in [-0.15, -0.1) is 5.10 Å². The number of aromatic nitrogens is 3. The second kappa shape index (κ2) is 8.69. The van der Waals surface area contributed by atoms with Crippen LogP contribution >= 0.6 is 0 Å². The van der Waals surface area contributed by atoms with Gasteiger partial charge in [0.15, 0.2) is 5.69 Å². The molecule has 0 spiro atoms. The lowest BCUT2D eigenvalue weighted by molar-refractivity contribution is 0.0781. The first-order chi connectivity index (χ1) is 13.5. The Balaban J connectivity index is 1.58. The molecule has 3 aromatic rings. The van der Waals surface area contributed by atoms with Crippen molar-refractivity contribution < 1.29 is 9.53 Å². The largest absolute Gasteiger partial charge is 0.493 e. The number of ether oxygens (including phenoxy) is 1. The summed E-state index contributed by atoms with van der Waals surface area (Å²) < 4.78 is 7.50. The smallest absolute Gasteiger partial charge is 0.276 e. The molecule has 6 nitrogen and oxygen atoms in total. The molecule has 0 unspecified atom stereocenters. The lowest BCUT2D eigenvalue weighted by atomic mass is 10.2. The number of amides is 1. The third kappa shape index (κ3) is 4.39. The second-order valence-corrected chi connectivity index (χ2v) is 6.97. The van der Waals surface area contributed by atoms with Gasteiger partial charge in [-0.3, -0.25) is 4.79 Å². The Kier molecular flexibility index (Phi) is 6.09. The first-order valence-electron chi connectivity index (χ1n) is 9.40. The van der Waals surface area contributed by atoms with E-state index in [2.05, 4.69) is 10.3 Å². The molecule has 1 amide bonds. The maximum atomic E-state index is 12.8. The molecule has 6 heteroatoms. The van der Waals surface area contributed by atoms with E-state index < -0.39 is 0 Å². The average Bonchev–Trinajstić information content (AvgIpc) is 3.07. The first kappa shape index (κ1) is 19.6. The number of para-hydroxylation sites is 1. The molecule has 146 valence electrons. The predicted octanol–water partition coefficient (Wildman–Crippen LogP) is 3.73. The molecule has 0 fully saturated rings. The number of carbonyl (C=O) groups excluding carboxylic acids is 1. The van der Waals surface area contributed by atoms with E-state index >= 15 is 0 Å². The van der Waals surface area contributed by atoms with Crippen molar-refractivity contribution in [1.29, 1.82) is 0 Å². The zero-order chi connectivity index (χ0) is 20.1. The highest BCUT2D eigenvalue weighted by molar-refractivity contribution is 5.93. The maximum absolute atomic E-state index is 12.8. The van der Waals surface area contributed by atoms with Crippen LogP contribution in [0, 0.1) is 20.8 Å². The van der Waals surface area contributed by atoms with Gasteiger partial charge in [0.05, 0.1) is 18.0 Å². The molecule has 3 rings (SSSR count). The van der Waals surface area contributed by atoms with Gasteiger partial charge in [0.25, 0.3) is 5.91 Å². The number of nitrogens with zero attached hydrogens (tertiary/aromatic N) is 4. The molecular weight excluding hydrogens is 352 g/mol. The number of aryl methyl sites for hydroxylation is 2. The highest BCUT2D eigenvalue weighted by Crippen LogP contribution is 2.17. The molecule has 0 bridgehead atoms. The second-order valence-electron chi connectivity index (χ2n) is 6.97. The third-order valence-electron chi connectivity index (χ3n) is 4.68. The van der Waals surface area contributed by atoms with Crippen LogP contribution < -0.4 is 4.74 Å². The van der Waals surface area contributed by atoms with E-state index in [0.29, 0.717) is 18.8 Å². The Labute approximate surface area is 165 Å². The van der Waals surface area contributed by atoms with Crippen LogP contribution in [-0.2, 0) is 0 Å². The number of benzene rings is 2. The minimum Gasteiger partial charge on any atom is -0.493 e. The summed E-state index contributed by atoms with van der Waals surface area (Å²) in [4.78, 5) is 14.4. The van der Waals surface area contributed by atoms with E-state index in [1.807, 2.05) is 69.3 Å². The van der Waals surface area contributed by atoms with Crippen LogP contribution in [0.25, 0.3) is 5.69 Å². The van der Waals surface area contributed by atoms with Gasteiger partial charge in [-0.2, -0.15) is 0 Å². The SMILES string of the molecule is Cc1cccc(-n2nnc(C(=O)N(C)CCCOc3ccccc3C)c2C)c1. The molecule has 1 heterocycles. The van der Waals surface area contributed by atoms with E-state index in [9.17, 15) is 4.79 Å². The van der Waals surface area contributed by atoms with Crippen LogP contribution in [0.5, 0.6) is 5.75 Å². The zero-order valence-corrected chi connectivity index (χ0v) is 16.8. The Hall–Kier alpha value is -3.15. The van der Waals surface area contributed by atoms with Crippen molar-refractivity contribution in [2.24, 2.45) is 0 Å². The quantitative estimate of drug-likeness (QED) is 0.588. The topological polar surface area (TPSA) is 60.2 Å². The predicted molar refractivity (Wildman–Crippen MR) is 109 cm³/mol. The van der Waals surface area contributed by atoms with Crippen LogP contribution in [0.4, 0.5) is 0 Å². The Morgan fingerprint density at radius 2 is 1.89 bits per heavy atom.